The quantitative estimate of drug-likeness (QED) is 0.380. The van der Waals surface area contributed by atoms with E-state index in [2.05, 4.69) is 63.6 Å². The number of pyridine rings is 1. The Morgan fingerprint density at radius 1 is 1.11 bits per heavy atom. The molecule has 4 aromatic rings. The lowest BCUT2D eigenvalue weighted by Crippen LogP contribution is -2.44. The Balaban J connectivity index is 0.000000158. The number of aromatic nitrogens is 4. The van der Waals surface area contributed by atoms with Crippen molar-refractivity contribution >= 4 is 50.0 Å². The highest BCUT2D eigenvalue weighted by molar-refractivity contribution is 7.18. The van der Waals surface area contributed by atoms with Gasteiger partial charge in [-0.3, -0.25) is 19.7 Å². The van der Waals surface area contributed by atoms with Crippen LogP contribution >= 0.6 is 11.3 Å². The third kappa shape index (κ3) is 6.36. The number of piperidine rings is 2. The molecule has 38 heavy (non-hydrogen) atoms. The number of amides is 2. The highest BCUT2D eigenvalue weighted by Gasteiger charge is 2.26. The van der Waals surface area contributed by atoms with Crippen molar-refractivity contribution in [3.8, 4) is 0 Å². The molecule has 9 nitrogen and oxygen atoms in total. The summed E-state index contributed by atoms with van der Waals surface area (Å²) in [5, 5.41) is 11.4. The number of hydrogen-bond acceptors (Lipinski definition) is 7. The first kappa shape index (κ1) is 26.2. The lowest BCUT2D eigenvalue weighted by Gasteiger charge is -2.30. The molecule has 0 spiro atoms. The molecule has 2 saturated heterocycles. The number of thiazole rings is 1. The van der Waals surface area contributed by atoms with Crippen molar-refractivity contribution in [3.63, 3.8) is 0 Å². The molecule has 10 heteroatoms. The number of H-pyrrole nitrogens is 1. The van der Waals surface area contributed by atoms with E-state index in [4.69, 9.17) is 4.98 Å². The number of aromatic amines is 1. The first-order chi connectivity index (χ1) is 18.5. The molecule has 2 fully saturated rings. The molecule has 0 saturated carbocycles. The van der Waals surface area contributed by atoms with Crippen LogP contribution in [0.15, 0.2) is 42.9 Å². The Kier molecular flexibility index (Phi) is 8.29. The topological polar surface area (TPSA) is 107 Å². The number of rotatable bonds is 3. The summed E-state index contributed by atoms with van der Waals surface area (Å²) in [6.45, 7) is 5.86. The predicted octanol–water partition coefficient (Wildman–Crippen LogP) is 4.34. The third-order valence-corrected chi connectivity index (χ3v) is 8.44. The average molecular weight is 534 g/mol. The molecular formula is C28H35N7O2S. The number of nitrogens with one attached hydrogen (secondary N) is 2. The second-order valence-corrected chi connectivity index (χ2v) is 11.6. The van der Waals surface area contributed by atoms with Crippen LogP contribution in [0.1, 0.15) is 37.6 Å². The molecule has 1 aromatic carbocycles. The Morgan fingerprint density at radius 2 is 1.92 bits per heavy atom. The zero-order valence-electron chi connectivity index (χ0n) is 22.0. The van der Waals surface area contributed by atoms with Crippen molar-refractivity contribution in [2.75, 3.05) is 38.5 Å². The van der Waals surface area contributed by atoms with Crippen molar-refractivity contribution < 1.29 is 9.59 Å². The summed E-state index contributed by atoms with van der Waals surface area (Å²) in [5.41, 5.74) is 2.30. The van der Waals surface area contributed by atoms with Crippen LogP contribution in [0.5, 0.6) is 0 Å². The van der Waals surface area contributed by atoms with E-state index < -0.39 is 11.8 Å². The van der Waals surface area contributed by atoms with Crippen LogP contribution in [0.4, 0.5) is 5.69 Å². The molecule has 200 valence electrons. The largest absolute Gasteiger partial charge is 0.334 e. The van der Waals surface area contributed by atoms with Crippen molar-refractivity contribution in [1.82, 2.24) is 30.0 Å². The highest BCUT2D eigenvalue weighted by Crippen LogP contribution is 2.27. The van der Waals surface area contributed by atoms with Crippen LogP contribution in [-0.4, -0.2) is 75.0 Å². The summed E-state index contributed by atoms with van der Waals surface area (Å²) in [7, 11) is 2.22. The molecule has 0 bridgehead atoms. The maximum Gasteiger partial charge on any atom is 0.314 e. The number of carbonyl (C=O) groups excluding carboxylic acids is 2. The number of anilines is 1. The Bertz CT molecular complexity index is 1360. The van der Waals surface area contributed by atoms with Gasteiger partial charge in [-0.2, -0.15) is 5.10 Å². The Morgan fingerprint density at radius 3 is 2.71 bits per heavy atom. The van der Waals surface area contributed by atoms with Gasteiger partial charge in [0.2, 0.25) is 0 Å². The summed E-state index contributed by atoms with van der Waals surface area (Å²) in [6.07, 6.45) is 10.6. The van der Waals surface area contributed by atoms with Gasteiger partial charge in [-0.25, -0.2) is 4.98 Å². The summed E-state index contributed by atoms with van der Waals surface area (Å²) < 4.78 is 1.33. The molecule has 1 atom stereocenters. The Hall–Kier alpha value is -3.37. The SMILES string of the molecule is CC1CCCN(C(=O)C(=O)Nc2cncc3cn[nH]c23)C1.CN1CCC(Cc2nc3ccccc3s2)CC1. The highest BCUT2D eigenvalue weighted by atomic mass is 32.1. The van der Waals surface area contributed by atoms with Gasteiger partial charge in [0.1, 0.15) is 0 Å². The minimum absolute atomic E-state index is 0.438. The fourth-order valence-corrected chi connectivity index (χ4v) is 6.26. The van der Waals surface area contributed by atoms with E-state index in [0.717, 1.165) is 24.1 Å². The minimum Gasteiger partial charge on any atom is -0.334 e. The van der Waals surface area contributed by atoms with Gasteiger partial charge in [-0.05, 0) is 69.8 Å². The molecule has 3 aromatic heterocycles. The third-order valence-electron chi connectivity index (χ3n) is 7.38. The Labute approximate surface area is 226 Å². The zero-order chi connectivity index (χ0) is 26.5. The molecule has 2 amide bonds. The first-order valence-electron chi connectivity index (χ1n) is 13.4. The van der Waals surface area contributed by atoms with Gasteiger partial charge >= 0.3 is 11.8 Å². The van der Waals surface area contributed by atoms with Gasteiger partial charge in [0, 0.05) is 31.1 Å². The predicted molar refractivity (Wildman–Crippen MR) is 151 cm³/mol. The lowest BCUT2D eigenvalue weighted by molar-refractivity contribution is -0.144. The maximum absolute atomic E-state index is 12.2. The molecule has 2 aliphatic rings. The maximum atomic E-state index is 12.2. The fourth-order valence-electron chi connectivity index (χ4n) is 5.17. The van der Waals surface area contributed by atoms with Crippen LogP contribution in [-0.2, 0) is 16.0 Å². The minimum atomic E-state index is -0.631. The van der Waals surface area contributed by atoms with Crippen molar-refractivity contribution in [2.24, 2.45) is 11.8 Å². The summed E-state index contributed by atoms with van der Waals surface area (Å²) >= 11 is 1.87. The van der Waals surface area contributed by atoms with E-state index >= 15 is 0 Å². The molecule has 2 aliphatic heterocycles. The zero-order valence-corrected chi connectivity index (χ0v) is 22.8. The number of para-hydroxylation sites is 1. The van der Waals surface area contributed by atoms with Crippen LogP contribution < -0.4 is 5.32 Å². The molecule has 5 heterocycles. The van der Waals surface area contributed by atoms with E-state index in [-0.39, 0.29) is 0 Å². The molecule has 1 unspecified atom stereocenters. The van der Waals surface area contributed by atoms with Crippen molar-refractivity contribution in [1.29, 1.82) is 0 Å². The second kappa shape index (κ2) is 12.0. The van der Waals surface area contributed by atoms with Crippen molar-refractivity contribution in [3.05, 3.63) is 47.9 Å². The standard InChI is InChI=1S/C14H17N5O2.C14H18N2S/c1-9-3-2-4-19(8-9)14(21)13(20)17-11-7-15-5-10-6-16-18-12(10)11;1-16-8-6-11(7-9-16)10-14-15-12-4-2-3-5-13(12)17-14/h5-7,9H,2-4,8H2,1H3,(H,16,18)(H,17,20);2-5,11H,6-10H2,1H3. The first-order valence-corrected chi connectivity index (χ1v) is 14.2. The normalized spacial score (nSPS) is 18.8. The van der Waals surface area contributed by atoms with E-state index in [1.54, 1.807) is 17.3 Å². The second-order valence-electron chi connectivity index (χ2n) is 10.5. The number of benzene rings is 1. The molecule has 0 aliphatic carbocycles. The van der Waals surface area contributed by atoms with Gasteiger partial charge in [-0.15, -0.1) is 11.3 Å². The van der Waals surface area contributed by atoms with Gasteiger partial charge in [0.15, 0.2) is 0 Å². The molecule has 2 N–H and O–H groups in total. The number of nitrogens with zero attached hydrogens (tertiary/aromatic N) is 5. The molecule has 6 rings (SSSR count). The van der Waals surface area contributed by atoms with Crippen LogP contribution in [0.2, 0.25) is 0 Å². The summed E-state index contributed by atoms with van der Waals surface area (Å²) in [5.74, 6) is 0.158. The molecule has 0 radical (unpaired) electrons. The smallest absolute Gasteiger partial charge is 0.314 e. The van der Waals surface area contributed by atoms with Gasteiger partial charge in [0.25, 0.3) is 0 Å². The number of likely N-dealkylation sites (tertiary alicyclic amines) is 2. The fraction of sp³-hybridized carbons (Fsp3) is 0.464. The van der Waals surface area contributed by atoms with Crippen LogP contribution in [0.25, 0.3) is 21.1 Å². The van der Waals surface area contributed by atoms with Crippen LogP contribution in [0, 0.1) is 11.8 Å². The van der Waals surface area contributed by atoms with E-state index in [1.165, 1.54) is 53.8 Å². The number of hydrogen-bond donors (Lipinski definition) is 2. The van der Waals surface area contributed by atoms with E-state index in [0.29, 0.717) is 30.2 Å². The van der Waals surface area contributed by atoms with Gasteiger partial charge in [0.05, 0.1) is 38.8 Å². The van der Waals surface area contributed by atoms with E-state index in [1.807, 2.05) is 11.3 Å². The number of carbonyl (C=O) groups is 2. The lowest BCUT2D eigenvalue weighted by atomic mass is 9.94. The van der Waals surface area contributed by atoms with E-state index in [9.17, 15) is 9.59 Å². The molecular weight excluding hydrogens is 498 g/mol. The summed E-state index contributed by atoms with van der Waals surface area (Å²) in [4.78, 5) is 37.1. The van der Waals surface area contributed by atoms with Gasteiger partial charge in [-0.1, -0.05) is 19.1 Å². The summed E-state index contributed by atoms with van der Waals surface area (Å²) in [6, 6.07) is 8.45. The average Bonchev–Trinajstić information content (AvgIpc) is 3.57. The monoisotopic (exact) mass is 533 g/mol. The van der Waals surface area contributed by atoms with Crippen LogP contribution in [0.3, 0.4) is 0 Å². The van der Waals surface area contributed by atoms with Gasteiger partial charge < -0.3 is 15.1 Å². The number of fused-ring (bicyclic) bond motifs is 2. The van der Waals surface area contributed by atoms with Crippen molar-refractivity contribution in [2.45, 2.75) is 39.0 Å².